The summed E-state index contributed by atoms with van der Waals surface area (Å²) in [7, 11) is 0. The van der Waals surface area contributed by atoms with Crippen molar-refractivity contribution in [2.75, 3.05) is 26.4 Å². The van der Waals surface area contributed by atoms with E-state index in [9.17, 15) is 81.1 Å². The second-order valence-corrected chi connectivity index (χ2v) is 15.4. The van der Waals surface area contributed by atoms with E-state index in [-0.39, 0.29) is 0 Å². The van der Waals surface area contributed by atoms with Gasteiger partial charge in [-0.05, 0) is 6.92 Å². The summed E-state index contributed by atoms with van der Waals surface area (Å²) >= 11 is 0. The average molecular weight is 895 g/mol. The molecule has 0 aliphatic carbocycles. The second-order valence-electron chi connectivity index (χ2n) is 15.4. The molecule has 0 saturated carbocycles. The van der Waals surface area contributed by atoms with Crippen LogP contribution in [0, 0.1) is 0 Å². The molecule has 5 aliphatic rings. The van der Waals surface area contributed by atoms with E-state index in [1.54, 1.807) is 0 Å². The first kappa shape index (κ1) is 50.0. The number of aliphatic hydroxyl groups excluding tert-OH is 14. The predicted octanol–water partition coefficient (Wildman–Crippen LogP) is -10.6. The van der Waals surface area contributed by atoms with E-state index in [4.69, 9.17) is 42.6 Å². The van der Waals surface area contributed by atoms with E-state index in [0.29, 0.717) is 0 Å². The minimum Gasteiger partial charge on any atom is -0.394 e. The van der Waals surface area contributed by atoms with Crippen LogP contribution in [0.3, 0.4) is 0 Å². The van der Waals surface area contributed by atoms with E-state index in [1.165, 1.54) is 6.92 Å². The first-order valence-corrected chi connectivity index (χ1v) is 19.4. The molecule has 5 rings (SSSR count). The van der Waals surface area contributed by atoms with Crippen molar-refractivity contribution in [2.45, 2.75) is 174 Å². The minimum absolute atomic E-state index is 0.688. The Bertz CT molecular complexity index is 1420. The number of amides is 2. The monoisotopic (exact) mass is 894 g/mol. The first-order valence-electron chi connectivity index (χ1n) is 19.4. The van der Waals surface area contributed by atoms with Crippen molar-refractivity contribution >= 4 is 11.8 Å². The zero-order valence-electron chi connectivity index (χ0n) is 33.0. The Labute approximate surface area is 346 Å². The number of nitrogens with one attached hydrogen (secondary N) is 2. The maximum Gasteiger partial charge on any atom is 0.217 e. The molecule has 16 N–H and O–H groups in total. The molecule has 354 valence electrons. The molecule has 5 heterocycles. The van der Waals surface area contributed by atoms with Crippen LogP contribution in [0.2, 0.25) is 0 Å². The Morgan fingerprint density at radius 1 is 0.459 bits per heavy atom. The molecular formula is C34H58N2O25. The van der Waals surface area contributed by atoms with Crippen LogP contribution in [0.15, 0.2) is 0 Å². The Kier molecular flexibility index (Phi) is 17.5. The lowest BCUT2D eigenvalue weighted by atomic mass is 9.95. The Hall–Kier alpha value is -1.98. The third-order valence-corrected chi connectivity index (χ3v) is 11.1. The van der Waals surface area contributed by atoms with Gasteiger partial charge in [-0.2, -0.15) is 0 Å². The molecule has 27 nitrogen and oxygen atoms in total. The molecule has 0 aromatic heterocycles. The fourth-order valence-electron chi connectivity index (χ4n) is 7.65. The molecule has 5 aliphatic heterocycles. The molecular weight excluding hydrogens is 836 g/mol. The fourth-order valence-corrected chi connectivity index (χ4v) is 7.65. The molecule has 25 atom stereocenters. The van der Waals surface area contributed by atoms with Gasteiger partial charge in [0.2, 0.25) is 11.8 Å². The molecule has 5 fully saturated rings. The van der Waals surface area contributed by atoms with Crippen molar-refractivity contribution < 1.29 is 124 Å². The zero-order valence-corrected chi connectivity index (χ0v) is 33.0. The number of hydrogen-bond acceptors (Lipinski definition) is 25. The second kappa shape index (κ2) is 21.3. The lowest BCUT2D eigenvalue weighted by Crippen LogP contribution is -2.68. The minimum atomic E-state index is -2.02. The van der Waals surface area contributed by atoms with Crippen molar-refractivity contribution in [1.29, 1.82) is 0 Å². The van der Waals surface area contributed by atoms with Gasteiger partial charge in [-0.3, -0.25) is 9.59 Å². The molecule has 0 aromatic carbocycles. The van der Waals surface area contributed by atoms with Gasteiger partial charge in [0.15, 0.2) is 31.5 Å². The highest BCUT2D eigenvalue weighted by molar-refractivity contribution is 5.73. The smallest absolute Gasteiger partial charge is 0.217 e. The van der Waals surface area contributed by atoms with Gasteiger partial charge >= 0.3 is 0 Å². The fraction of sp³-hybridized carbons (Fsp3) is 0.941. The topological polar surface area (TPSA) is 424 Å². The Morgan fingerprint density at radius 2 is 0.869 bits per heavy atom. The van der Waals surface area contributed by atoms with Gasteiger partial charge in [0.25, 0.3) is 0 Å². The van der Waals surface area contributed by atoms with Crippen molar-refractivity contribution in [3.8, 4) is 0 Å². The standard InChI is InChI=1S/C34H58N2O25/c1-8-17(42)27(59-31-15(35-9(2)40)22(47)18(43)12(5-38)56-31)26(51)34(54-8)60-28-21(46)13(6-39)57-33(25(28)50)53-7-14-20(45)23(48)16(36-10(3)41)32(58-14)61-29-24(49)19(44)11(4-37)55-30(29)52/h8,11-34,37-39,42-52H,4-7H2,1-3H3,(H,35,40)(H,36,41)/t8-,11-,12-,13-,14-,15-,16-,17-,18-,19+,20-,21-,22-,23-,24+,25-,26+,27+,28+,29-,30+,31+,32+,33+,34-/m1/s1. The van der Waals surface area contributed by atoms with E-state index in [0.717, 1.165) is 13.8 Å². The molecule has 5 saturated heterocycles. The van der Waals surface area contributed by atoms with E-state index in [1.807, 2.05) is 0 Å². The molecule has 2 amide bonds. The van der Waals surface area contributed by atoms with Crippen LogP contribution >= 0.6 is 0 Å². The summed E-state index contributed by atoms with van der Waals surface area (Å²) in [6, 6.07) is -3.05. The Balaban J connectivity index is 1.30. The van der Waals surface area contributed by atoms with Gasteiger partial charge < -0.3 is 125 Å². The lowest BCUT2D eigenvalue weighted by molar-refractivity contribution is -0.376. The van der Waals surface area contributed by atoms with Crippen molar-refractivity contribution in [1.82, 2.24) is 10.6 Å². The highest BCUT2D eigenvalue weighted by atomic mass is 16.8. The zero-order chi connectivity index (χ0) is 45.2. The molecule has 0 bridgehead atoms. The normalized spacial score (nSPS) is 49.6. The van der Waals surface area contributed by atoms with Crippen molar-refractivity contribution in [3.63, 3.8) is 0 Å². The van der Waals surface area contributed by atoms with Gasteiger partial charge in [-0.1, -0.05) is 0 Å². The number of hydrogen-bond donors (Lipinski definition) is 16. The molecule has 61 heavy (non-hydrogen) atoms. The van der Waals surface area contributed by atoms with Crippen LogP contribution in [0.25, 0.3) is 0 Å². The van der Waals surface area contributed by atoms with Crippen LogP contribution in [-0.2, 0) is 52.2 Å². The quantitative estimate of drug-likeness (QED) is 0.0770. The predicted molar refractivity (Wildman–Crippen MR) is 188 cm³/mol. The van der Waals surface area contributed by atoms with Gasteiger partial charge in [0, 0.05) is 13.8 Å². The molecule has 0 unspecified atom stereocenters. The highest BCUT2D eigenvalue weighted by Gasteiger charge is 2.55. The number of aliphatic hydroxyl groups is 14. The van der Waals surface area contributed by atoms with Crippen LogP contribution in [0.5, 0.6) is 0 Å². The number of rotatable bonds is 14. The highest BCUT2D eigenvalue weighted by Crippen LogP contribution is 2.34. The van der Waals surface area contributed by atoms with Crippen molar-refractivity contribution in [3.05, 3.63) is 0 Å². The Morgan fingerprint density at radius 3 is 1.41 bits per heavy atom. The maximum atomic E-state index is 12.0. The summed E-state index contributed by atoms with van der Waals surface area (Å²) in [5, 5.41) is 153. The molecule has 0 spiro atoms. The summed E-state index contributed by atoms with van der Waals surface area (Å²) < 4.78 is 50.5. The summed E-state index contributed by atoms with van der Waals surface area (Å²) in [5.74, 6) is -1.42. The van der Waals surface area contributed by atoms with E-state index >= 15 is 0 Å². The maximum absolute atomic E-state index is 12.0. The summed E-state index contributed by atoms with van der Waals surface area (Å²) in [6.07, 6.45) is -40.2. The lowest BCUT2D eigenvalue weighted by Gasteiger charge is -2.49. The van der Waals surface area contributed by atoms with Gasteiger partial charge in [-0.15, -0.1) is 0 Å². The molecule has 0 radical (unpaired) electrons. The van der Waals surface area contributed by atoms with Gasteiger partial charge in [0.1, 0.15) is 116 Å². The average Bonchev–Trinajstić information content (AvgIpc) is 3.21. The molecule has 27 heteroatoms. The summed E-state index contributed by atoms with van der Waals surface area (Å²) in [6.45, 7) is 0.202. The number of ether oxygens (including phenoxy) is 9. The van der Waals surface area contributed by atoms with E-state index in [2.05, 4.69) is 10.6 Å². The largest absolute Gasteiger partial charge is 0.394 e. The van der Waals surface area contributed by atoms with Crippen molar-refractivity contribution in [2.24, 2.45) is 0 Å². The van der Waals surface area contributed by atoms with Crippen LogP contribution < -0.4 is 10.6 Å². The van der Waals surface area contributed by atoms with Gasteiger partial charge in [0.05, 0.1) is 32.5 Å². The number of carbonyl (C=O) groups is 2. The summed E-state index contributed by atoms with van der Waals surface area (Å²) in [5.41, 5.74) is 0. The van der Waals surface area contributed by atoms with E-state index < -0.39 is 192 Å². The van der Waals surface area contributed by atoms with Crippen LogP contribution in [0.1, 0.15) is 20.8 Å². The van der Waals surface area contributed by atoms with Crippen LogP contribution in [-0.4, -0.2) is 263 Å². The molecule has 0 aromatic rings. The van der Waals surface area contributed by atoms with Gasteiger partial charge in [-0.25, -0.2) is 0 Å². The number of carbonyl (C=O) groups excluding carboxylic acids is 2. The third kappa shape index (κ3) is 10.9. The SMILES string of the molecule is CC(=O)N[C@H]1[C@H](O[C@@H]2[C@H](O)[C@@H](O[C@@H]3[C@@H](O)[C@@H](OC[C@H]4O[C@@H](O[C@@H]5[C@@H](O)[C@@H](O)[C@@H](CO)O[C@@H]5O)[C@H](NC(C)=O)[C@@H](O)[C@@H]4O)O[C@H](CO)[C@H]3O)O[C@H](C)[C@H]2O)O[C@H](CO)[C@@H](O)[C@@H]1O. The third-order valence-electron chi connectivity index (χ3n) is 11.1. The first-order chi connectivity index (χ1) is 28.7. The van der Waals surface area contributed by atoms with Crippen LogP contribution in [0.4, 0.5) is 0 Å². The summed E-state index contributed by atoms with van der Waals surface area (Å²) in [4.78, 5) is 23.9.